The van der Waals surface area contributed by atoms with Crippen molar-refractivity contribution in [2.45, 2.75) is 33.4 Å². The van der Waals surface area contributed by atoms with Crippen LogP contribution in [-0.2, 0) is 6.54 Å². The smallest absolute Gasteiger partial charge is 0.134 e. The van der Waals surface area contributed by atoms with Gasteiger partial charge in [0, 0.05) is 12.1 Å². The molecule has 0 radical (unpaired) electrons. The molecule has 1 unspecified atom stereocenters. The van der Waals surface area contributed by atoms with Crippen LogP contribution in [0.2, 0.25) is 0 Å². The van der Waals surface area contributed by atoms with Gasteiger partial charge in [0.05, 0.1) is 22.4 Å². The van der Waals surface area contributed by atoms with Crippen LogP contribution in [0.3, 0.4) is 0 Å². The number of aryl methyl sites for hydroxylation is 2. The predicted octanol–water partition coefficient (Wildman–Crippen LogP) is 3.95. The molecular weight excluding hydrogens is 340 g/mol. The molecule has 0 aliphatic carbocycles. The third-order valence-electron chi connectivity index (χ3n) is 3.42. The van der Waals surface area contributed by atoms with Gasteiger partial charge in [-0.3, -0.25) is 4.68 Å². The van der Waals surface area contributed by atoms with E-state index in [4.69, 9.17) is 0 Å². The zero-order chi connectivity index (χ0) is 15.6. The number of nitrogens with one attached hydrogen (secondary N) is 1. The Morgan fingerprint density at radius 3 is 2.67 bits per heavy atom. The van der Waals surface area contributed by atoms with Gasteiger partial charge in [-0.25, -0.2) is 8.78 Å². The van der Waals surface area contributed by atoms with Gasteiger partial charge in [0.15, 0.2) is 0 Å². The Kier molecular flexibility index (Phi) is 5.11. The lowest BCUT2D eigenvalue weighted by Crippen LogP contribution is -2.27. The van der Waals surface area contributed by atoms with E-state index in [9.17, 15) is 8.78 Å². The average Bonchev–Trinajstić information content (AvgIpc) is 2.83. The molecule has 1 aromatic heterocycles. The number of aromatic nitrogens is 2. The maximum atomic E-state index is 14.5. The van der Waals surface area contributed by atoms with Gasteiger partial charge in [0.2, 0.25) is 0 Å². The molecule has 0 spiro atoms. The van der Waals surface area contributed by atoms with Gasteiger partial charge in [0.1, 0.15) is 11.6 Å². The molecule has 21 heavy (non-hydrogen) atoms. The molecule has 114 valence electrons. The van der Waals surface area contributed by atoms with Crippen molar-refractivity contribution in [2.75, 3.05) is 6.54 Å². The van der Waals surface area contributed by atoms with E-state index in [1.807, 2.05) is 13.8 Å². The molecule has 1 N–H and O–H groups in total. The molecule has 1 heterocycles. The highest BCUT2D eigenvalue weighted by atomic mass is 79.9. The number of nitrogens with zero attached hydrogens (tertiary/aromatic N) is 2. The predicted molar refractivity (Wildman–Crippen MR) is 82.2 cm³/mol. The molecule has 0 bridgehead atoms. The normalized spacial score (nSPS) is 12.7. The molecule has 3 nitrogen and oxygen atoms in total. The molecule has 2 rings (SSSR count). The van der Waals surface area contributed by atoms with Crippen LogP contribution in [0.4, 0.5) is 8.78 Å². The minimum atomic E-state index is -0.591. The Labute approximate surface area is 131 Å². The van der Waals surface area contributed by atoms with Crippen LogP contribution >= 0.6 is 15.9 Å². The first-order valence-electron chi connectivity index (χ1n) is 6.90. The van der Waals surface area contributed by atoms with Crippen LogP contribution in [0, 0.1) is 18.6 Å². The second kappa shape index (κ2) is 6.66. The fourth-order valence-corrected chi connectivity index (χ4v) is 2.92. The van der Waals surface area contributed by atoms with Gasteiger partial charge in [-0.15, -0.1) is 0 Å². The monoisotopic (exact) mass is 357 g/mol. The lowest BCUT2D eigenvalue weighted by molar-refractivity contribution is 0.480. The summed E-state index contributed by atoms with van der Waals surface area (Å²) < 4.78 is 31.2. The maximum absolute atomic E-state index is 14.5. The van der Waals surface area contributed by atoms with Gasteiger partial charge >= 0.3 is 0 Å². The van der Waals surface area contributed by atoms with Crippen molar-refractivity contribution in [3.8, 4) is 0 Å². The molecular formula is C15H18BrF2N3. The number of hydrogen-bond donors (Lipinski definition) is 1. The Morgan fingerprint density at radius 2 is 2.05 bits per heavy atom. The van der Waals surface area contributed by atoms with E-state index in [0.29, 0.717) is 18.7 Å². The van der Waals surface area contributed by atoms with Crippen LogP contribution in [0.15, 0.2) is 22.8 Å². The van der Waals surface area contributed by atoms with Crippen molar-refractivity contribution in [3.05, 3.63) is 51.3 Å². The second-order valence-corrected chi connectivity index (χ2v) is 5.63. The highest BCUT2D eigenvalue weighted by Crippen LogP contribution is 2.32. The summed E-state index contributed by atoms with van der Waals surface area (Å²) in [6.45, 7) is 6.68. The summed E-state index contributed by atoms with van der Waals surface area (Å²) in [5, 5.41) is 7.38. The number of hydrogen-bond acceptors (Lipinski definition) is 2. The summed E-state index contributed by atoms with van der Waals surface area (Å²) in [5.74, 6) is -1.07. The Bertz CT molecular complexity index is 640. The standard InChI is InChI=1S/C15H18BrF2N3/c1-4-19-14(15-10(16)8-20-21(15)5-2)12-11(17)7-6-9(3)13(12)18/h6-8,14,19H,4-5H2,1-3H3. The van der Waals surface area contributed by atoms with Crippen LogP contribution < -0.4 is 5.32 Å². The first-order valence-corrected chi connectivity index (χ1v) is 7.69. The van der Waals surface area contributed by atoms with E-state index < -0.39 is 17.7 Å². The molecule has 0 aliphatic heterocycles. The summed E-state index contributed by atoms with van der Waals surface area (Å²) >= 11 is 3.43. The largest absolute Gasteiger partial charge is 0.305 e. The highest BCUT2D eigenvalue weighted by molar-refractivity contribution is 9.10. The van der Waals surface area contributed by atoms with Gasteiger partial charge in [-0.05, 0) is 48.0 Å². The summed E-state index contributed by atoms with van der Waals surface area (Å²) in [6, 6.07) is 2.16. The van der Waals surface area contributed by atoms with E-state index in [1.54, 1.807) is 17.8 Å². The zero-order valence-electron chi connectivity index (χ0n) is 12.3. The van der Waals surface area contributed by atoms with Crippen LogP contribution in [0.25, 0.3) is 0 Å². The topological polar surface area (TPSA) is 29.9 Å². The molecule has 0 saturated carbocycles. The molecule has 1 aromatic carbocycles. The third-order valence-corrected chi connectivity index (χ3v) is 4.03. The highest BCUT2D eigenvalue weighted by Gasteiger charge is 2.27. The quantitative estimate of drug-likeness (QED) is 0.877. The summed E-state index contributed by atoms with van der Waals surface area (Å²) in [7, 11) is 0. The fraction of sp³-hybridized carbons (Fsp3) is 0.400. The van der Waals surface area contributed by atoms with E-state index in [2.05, 4.69) is 26.3 Å². The fourth-order valence-electron chi connectivity index (χ4n) is 2.39. The van der Waals surface area contributed by atoms with E-state index in [1.165, 1.54) is 12.1 Å². The number of rotatable bonds is 5. The van der Waals surface area contributed by atoms with E-state index >= 15 is 0 Å². The molecule has 2 aromatic rings. The minimum absolute atomic E-state index is 0.0350. The van der Waals surface area contributed by atoms with E-state index in [-0.39, 0.29) is 5.56 Å². The van der Waals surface area contributed by atoms with Gasteiger partial charge in [-0.1, -0.05) is 13.0 Å². The first kappa shape index (κ1) is 16.1. The maximum Gasteiger partial charge on any atom is 0.134 e. The molecule has 0 aliphatic rings. The van der Waals surface area contributed by atoms with Gasteiger partial charge < -0.3 is 5.32 Å². The zero-order valence-corrected chi connectivity index (χ0v) is 13.8. The lowest BCUT2D eigenvalue weighted by atomic mass is 9.99. The Balaban J connectivity index is 2.64. The van der Waals surface area contributed by atoms with Crippen molar-refractivity contribution >= 4 is 15.9 Å². The SMILES string of the molecule is CCNC(c1c(F)ccc(C)c1F)c1c(Br)cnn1CC. The number of halogens is 3. The molecule has 0 fully saturated rings. The summed E-state index contributed by atoms with van der Waals surface area (Å²) in [5.41, 5.74) is 1.18. The molecule has 1 atom stereocenters. The van der Waals surface area contributed by atoms with Crippen molar-refractivity contribution < 1.29 is 8.78 Å². The van der Waals surface area contributed by atoms with Crippen LogP contribution in [-0.4, -0.2) is 16.3 Å². The molecule has 0 amide bonds. The molecule has 6 heteroatoms. The Hall–Kier alpha value is -1.27. The van der Waals surface area contributed by atoms with E-state index in [0.717, 1.165) is 10.2 Å². The summed E-state index contributed by atoms with van der Waals surface area (Å²) in [4.78, 5) is 0. The Morgan fingerprint density at radius 1 is 1.33 bits per heavy atom. The number of benzene rings is 1. The van der Waals surface area contributed by atoms with Crippen LogP contribution in [0.5, 0.6) is 0 Å². The van der Waals surface area contributed by atoms with Gasteiger partial charge in [0.25, 0.3) is 0 Å². The second-order valence-electron chi connectivity index (χ2n) is 4.78. The first-order chi connectivity index (χ1) is 10.0. The molecule has 0 saturated heterocycles. The third kappa shape index (κ3) is 3.01. The average molecular weight is 358 g/mol. The van der Waals surface area contributed by atoms with Crippen LogP contribution in [0.1, 0.15) is 36.7 Å². The van der Waals surface area contributed by atoms with Gasteiger partial charge in [-0.2, -0.15) is 5.10 Å². The van der Waals surface area contributed by atoms with Crippen molar-refractivity contribution in [3.63, 3.8) is 0 Å². The minimum Gasteiger partial charge on any atom is -0.305 e. The van der Waals surface area contributed by atoms with Crippen molar-refractivity contribution in [1.82, 2.24) is 15.1 Å². The van der Waals surface area contributed by atoms with Crippen molar-refractivity contribution in [2.24, 2.45) is 0 Å². The summed E-state index contributed by atoms with van der Waals surface area (Å²) in [6.07, 6.45) is 1.65. The lowest BCUT2D eigenvalue weighted by Gasteiger charge is -2.22. The van der Waals surface area contributed by atoms with Crippen molar-refractivity contribution in [1.29, 1.82) is 0 Å².